The van der Waals surface area contributed by atoms with Crippen LogP contribution in [0.3, 0.4) is 0 Å². The Morgan fingerprint density at radius 1 is 1.00 bits per heavy atom. The summed E-state index contributed by atoms with van der Waals surface area (Å²) in [6.45, 7) is 3.51. The summed E-state index contributed by atoms with van der Waals surface area (Å²) >= 11 is 0. The summed E-state index contributed by atoms with van der Waals surface area (Å²) < 4.78 is 39.9. The van der Waals surface area contributed by atoms with Gasteiger partial charge in [0.15, 0.2) is 0 Å². The summed E-state index contributed by atoms with van der Waals surface area (Å²) in [6, 6.07) is 15.5. The third kappa shape index (κ3) is 4.01. The van der Waals surface area contributed by atoms with Crippen LogP contribution < -0.4 is 4.90 Å². The van der Waals surface area contributed by atoms with Crippen LogP contribution in [0.4, 0.5) is 4.39 Å². The summed E-state index contributed by atoms with van der Waals surface area (Å²) in [5.41, 5.74) is 1.31. The second kappa shape index (κ2) is 7.42. The maximum Gasteiger partial charge on any atom is 0.243 e. The predicted octanol–water partition coefficient (Wildman–Crippen LogP) is 0.958. The molecule has 0 bridgehead atoms. The first-order chi connectivity index (χ1) is 11.6. The molecule has 2 aromatic carbocycles. The van der Waals surface area contributed by atoms with Crippen molar-refractivity contribution in [2.24, 2.45) is 0 Å². The van der Waals surface area contributed by atoms with E-state index >= 15 is 0 Å². The number of halogens is 1. The van der Waals surface area contributed by atoms with Crippen LogP contribution in [-0.2, 0) is 16.4 Å². The third-order valence-electron chi connectivity index (χ3n) is 4.47. The van der Waals surface area contributed by atoms with E-state index in [1.54, 1.807) is 0 Å². The molecule has 3 rings (SSSR count). The molecule has 1 saturated heterocycles. The van der Waals surface area contributed by atoms with Gasteiger partial charge in [-0.3, -0.25) is 0 Å². The van der Waals surface area contributed by atoms with Crippen LogP contribution in [0.1, 0.15) is 5.56 Å². The average Bonchev–Trinajstić information content (AvgIpc) is 2.61. The highest BCUT2D eigenvalue weighted by molar-refractivity contribution is 7.89. The molecule has 0 aliphatic carbocycles. The Labute approximate surface area is 142 Å². The lowest BCUT2D eigenvalue weighted by Crippen LogP contribution is -3.15. The minimum absolute atomic E-state index is 0.0373. The van der Waals surface area contributed by atoms with Gasteiger partial charge in [0.1, 0.15) is 5.82 Å². The van der Waals surface area contributed by atoms with Crippen molar-refractivity contribution >= 4 is 10.0 Å². The Hall–Kier alpha value is -1.76. The summed E-state index contributed by atoms with van der Waals surface area (Å²) in [6.07, 6.45) is 0.993. The monoisotopic (exact) mass is 349 g/mol. The SMILES string of the molecule is O=S(=O)(c1cccc(F)c1)N1CC[NH+](CCc2ccccc2)CC1. The van der Waals surface area contributed by atoms with Gasteiger partial charge in [0.2, 0.25) is 10.0 Å². The molecule has 24 heavy (non-hydrogen) atoms. The summed E-state index contributed by atoms with van der Waals surface area (Å²) in [4.78, 5) is 1.44. The summed E-state index contributed by atoms with van der Waals surface area (Å²) in [5.74, 6) is -0.525. The number of quaternary nitrogens is 1. The number of nitrogens with one attached hydrogen (secondary N) is 1. The molecule has 1 fully saturated rings. The average molecular weight is 349 g/mol. The highest BCUT2D eigenvalue weighted by Crippen LogP contribution is 2.16. The maximum atomic E-state index is 13.3. The van der Waals surface area contributed by atoms with Crippen LogP contribution in [0.5, 0.6) is 0 Å². The van der Waals surface area contributed by atoms with Gasteiger partial charge >= 0.3 is 0 Å². The molecular formula is C18H22FN2O2S+. The van der Waals surface area contributed by atoms with Crippen molar-refractivity contribution in [2.75, 3.05) is 32.7 Å². The van der Waals surface area contributed by atoms with Crippen molar-refractivity contribution in [3.05, 3.63) is 66.0 Å². The highest BCUT2D eigenvalue weighted by Gasteiger charge is 2.30. The first-order valence-electron chi connectivity index (χ1n) is 8.19. The molecule has 1 aliphatic rings. The van der Waals surface area contributed by atoms with E-state index in [4.69, 9.17) is 0 Å². The summed E-state index contributed by atoms with van der Waals surface area (Å²) in [5, 5.41) is 0. The molecule has 0 spiro atoms. The fourth-order valence-corrected chi connectivity index (χ4v) is 4.51. The molecule has 0 amide bonds. The van der Waals surface area contributed by atoms with Crippen LogP contribution in [-0.4, -0.2) is 45.4 Å². The molecule has 0 radical (unpaired) electrons. The van der Waals surface area contributed by atoms with E-state index < -0.39 is 15.8 Å². The number of piperazine rings is 1. The molecule has 1 heterocycles. The van der Waals surface area contributed by atoms with Gasteiger partial charge < -0.3 is 4.90 Å². The Bertz CT molecular complexity index is 773. The lowest BCUT2D eigenvalue weighted by Gasteiger charge is -2.31. The smallest absolute Gasteiger partial charge is 0.243 e. The Kier molecular flexibility index (Phi) is 5.28. The highest BCUT2D eigenvalue weighted by atomic mass is 32.2. The predicted molar refractivity (Wildman–Crippen MR) is 90.9 cm³/mol. The normalized spacial score (nSPS) is 17.0. The minimum atomic E-state index is -3.60. The fourth-order valence-electron chi connectivity index (χ4n) is 3.04. The molecule has 6 heteroatoms. The standard InChI is InChI=1S/C18H21FN2O2S/c19-17-7-4-8-18(15-17)24(22,23)21-13-11-20(12-14-21)10-9-16-5-2-1-3-6-16/h1-8,15H,9-14H2/p+1. The first-order valence-corrected chi connectivity index (χ1v) is 9.63. The van der Waals surface area contributed by atoms with Crippen LogP contribution in [0, 0.1) is 5.82 Å². The molecule has 0 saturated carbocycles. The second-order valence-corrected chi connectivity index (χ2v) is 8.03. The topological polar surface area (TPSA) is 41.8 Å². The molecule has 4 nitrogen and oxygen atoms in total. The van der Waals surface area contributed by atoms with Gasteiger partial charge in [-0.15, -0.1) is 0 Å². The van der Waals surface area contributed by atoms with Crippen molar-refractivity contribution in [3.63, 3.8) is 0 Å². The van der Waals surface area contributed by atoms with Crippen molar-refractivity contribution in [1.29, 1.82) is 0 Å². The van der Waals surface area contributed by atoms with Gasteiger partial charge in [0.25, 0.3) is 0 Å². The van der Waals surface area contributed by atoms with Crippen molar-refractivity contribution in [3.8, 4) is 0 Å². The molecular weight excluding hydrogens is 327 g/mol. The number of sulfonamides is 1. The van der Waals surface area contributed by atoms with Crippen LogP contribution >= 0.6 is 0 Å². The molecule has 2 aromatic rings. The zero-order chi connectivity index (χ0) is 17.0. The fraction of sp³-hybridized carbons (Fsp3) is 0.333. The van der Waals surface area contributed by atoms with Gasteiger partial charge in [-0.25, -0.2) is 12.8 Å². The van der Waals surface area contributed by atoms with E-state index in [0.717, 1.165) is 32.1 Å². The van der Waals surface area contributed by atoms with Crippen LogP contribution in [0.2, 0.25) is 0 Å². The molecule has 1 N–H and O–H groups in total. The maximum absolute atomic E-state index is 13.3. The van der Waals surface area contributed by atoms with Gasteiger partial charge in [0, 0.05) is 6.42 Å². The van der Waals surface area contributed by atoms with Crippen LogP contribution in [0.25, 0.3) is 0 Å². The number of nitrogens with zero attached hydrogens (tertiary/aromatic N) is 1. The number of hydrogen-bond acceptors (Lipinski definition) is 2. The Morgan fingerprint density at radius 3 is 2.38 bits per heavy atom. The number of hydrogen-bond donors (Lipinski definition) is 1. The molecule has 0 aromatic heterocycles. The minimum Gasteiger partial charge on any atom is -0.332 e. The molecule has 1 aliphatic heterocycles. The van der Waals surface area contributed by atoms with Gasteiger partial charge in [-0.2, -0.15) is 4.31 Å². The first kappa shape index (κ1) is 17.1. The third-order valence-corrected chi connectivity index (χ3v) is 6.37. The van der Waals surface area contributed by atoms with E-state index in [0.29, 0.717) is 13.1 Å². The number of rotatable bonds is 5. The van der Waals surface area contributed by atoms with E-state index in [9.17, 15) is 12.8 Å². The van der Waals surface area contributed by atoms with E-state index in [2.05, 4.69) is 12.1 Å². The largest absolute Gasteiger partial charge is 0.332 e. The van der Waals surface area contributed by atoms with Gasteiger partial charge in [-0.05, 0) is 23.8 Å². The molecule has 0 atom stereocenters. The zero-order valence-electron chi connectivity index (χ0n) is 13.5. The van der Waals surface area contributed by atoms with E-state index in [1.807, 2.05) is 18.2 Å². The summed E-state index contributed by atoms with van der Waals surface area (Å²) in [7, 11) is -3.60. The quantitative estimate of drug-likeness (QED) is 0.874. The van der Waals surface area contributed by atoms with Gasteiger partial charge in [-0.1, -0.05) is 36.4 Å². The Morgan fingerprint density at radius 2 is 1.71 bits per heavy atom. The molecule has 128 valence electrons. The van der Waals surface area contributed by atoms with E-state index in [-0.39, 0.29) is 4.90 Å². The number of benzene rings is 2. The van der Waals surface area contributed by atoms with E-state index in [1.165, 1.54) is 33.0 Å². The lowest BCUT2D eigenvalue weighted by molar-refractivity contribution is -0.903. The van der Waals surface area contributed by atoms with Gasteiger partial charge in [0.05, 0.1) is 37.6 Å². The zero-order valence-corrected chi connectivity index (χ0v) is 14.3. The van der Waals surface area contributed by atoms with Crippen LogP contribution in [0.15, 0.2) is 59.5 Å². The molecule has 0 unspecified atom stereocenters. The van der Waals surface area contributed by atoms with Crippen molar-refractivity contribution < 1.29 is 17.7 Å². The van der Waals surface area contributed by atoms with Crippen molar-refractivity contribution in [2.45, 2.75) is 11.3 Å². The lowest BCUT2D eigenvalue weighted by atomic mass is 10.1. The van der Waals surface area contributed by atoms with Crippen molar-refractivity contribution in [1.82, 2.24) is 4.31 Å². The second-order valence-electron chi connectivity index (χ2n) is 6.10. The Balaban J connectivity index is 1.56.